The lowest BCUT2D eigenvalue weighted by molar-refractivity contribution is 0.0734. The van der Waals surface area contributed by atoms with E-state index in [-0.39, 0.29) is 28.0 Å². The van der Waals surface area contributed by atoms with Gasteiger partial charge in [-0.1, -0.05) is 44.0 Å². The molecule has 154 valence electrons. The van der Waals surface area contributed by atoms with Gasteiger partial charge in [-0.2, -0.15) is 0 Å². The molecule has 3 aromatic rings. The van der Waals surface area contributed by atoms with Crippen LogP contribution >= 0.6 is 23.2 Å². The molecule has 0 amide bonds. The van der Waals surface area contributed by atoms with E-state index in [9.17, 15) is 9.59 Å². The molecule has 0 saturated carbocycles. The fourth-order valence-electron chi connectivity index (χ4n) is 2.52. The Labute approximate surface area is 183 Å². The lowest BCUT2D eigenvalue weighted by Gasteiger charge is -2.20. The van der Waals surface area contributed by atoms with Gasteiger partial charge in [0, 0.05) is 24.5 Å². The Bertz CT molecular complexity index is 1030. The van der Waals surface area contributed by atoms with Crippen molar-refractivity contribution >= 4 is 35.1 Å². The normalized spacial score (nSPS) is 11.1. The molecule has 0 aliphatic rings. The van der Waals surface area contributed by atoms with Crippen LogP contribution in [0.25, 0.3) is 0 Å². The van der Waals surface area contributed by atoms with Gasteiger partial charge >= 0.3 is 11.9 Å². The van der Waals surface area contributed by atoms with Crippen molar-refractivity contribution in [2.24, 2.45) is 0 Å². The molecule has 3 rings (SSSR count). The molecule has 0 N–H and O–H groups in total. The highest BCUT2D eigenvalue weighted by molar-refractivity contribution is 6.30. The van der Waals surface area contributed by atoms with Crippen molar-refractivity contribution in [2.75, 3.05) is 0 Å². The van der Waals surface area contributed by atoms with Gasteiger partial charge in [-0.25, -0.2) is 9.59 Å². The van der Waals surface area contributed by atoms with E-state index in [1.807, 2.05) is 20.8 Å². The van der Waals surface area contributed by atoms with Gasteiger partial charge in [-0.3, -0.25) is 9.97 Å². The Hall–Kier alpha value is -2.96. The van der Waals surface area contributed by atoms with Crippen LogP contribution in [0.2, 0.25) is 10.0 Å². The molecule has 0 atom stereocenters. The third kappa shape index (κ3) is 5.55. The van der Waals surface area contributed by atoms with Crippen LogP contribution in [0.15, 0.2) is 55.1 Å². The summed E-state index contributed by atoms with van der Waals surface area (Å²) in [6.45, 7) is 5.90. The second kappa shape index (κ2) is 8.81. The molecule has 0 fully saturated rings. The Kier molecular flexibility index (Phi) is 6.39. The number of halogens is 2. The number of carbonyl (C=O) groups excluding carboxylic acids is 2. The van der Waals surface area contributed by atoms with Crippen LogP contribution in [0.1, 0.15) is 47.1 Å². The minimum atomic E-state index is -0.649. The van der Waals surface area contributed by atoms with Crippen molar-refractivity contribution < 1.29 is 19.1 Å². The second-order valence-corrected chi connectivity index (χ2v) is 8.38. The van der Waals surface area contributed by atoms with Gasteiger partial charge in [-0.15, -0.1) is 0 Å². The van der Waals surface area contributed by atoms with Crippen molar-refractivity contribution in [3.63, 3.8) is 0 Å². The molecule has 6 nitrogen and oxygen atoms in total. The number of rotatable bonds is 4. The summed E-state index contributed by atoms with van der Waals surface area (Å²) in [5.41, 5.74) is 0.815. The molecule has 0 radical (unpaired) electrons. The van der Waals surface area contributed by atoms with Crippen LogP contribution in [-0.4, -0.2) is 21.9 Å². The lowest BCUT2D eigenvalue weighted by atomic mass is 9.85. The molecule has 0 bridgehead atoms. The van der Waals surface area contributed by atoms with Crippen LogP contribution in [0.4, 0.5) is 0 Å². The SMILES string of the molecule is CC(C)(C)c1cc(C(=O)Oc2cncc(Cl)c2)cc(C(=O)Oc2cncc(Cl)c2)c1. The first kappa shape index (κ1) is 21.7. The minimum absolute atomic E-state index is 0.193. The standard InChI is InChI=1S/C22H18Cl2N2O4/c1-22(2,3)15-5-13(20(27)29-18-7-16(23)9-25-11-18)4-14(6-15)21(28)30-19-8-17(24)10-26-12-19/h4-12H,1-3H3. The zero-order chi connectivity index (χ0) is 21.9. The first-order chi connectivity index (χ1) is 14.1. The highest BCUT2D eigenvalue weighted by Gasteiger charge is 2.22. The first-order valence-corrected chi connectivity index (χ1v) is 9.68. The number of benzene rings is 1. The van der Waals surface area contributed by atoms with E-state index in [4.69, 9.17) is 32.7 Å². The average molecular weight is 445 g/mol. The number of hydrogen-bond acceptors (Lipinski definition) is 6. The van der Waals surface area contributed by atoms with Crippen LogP contribution < -0.4 is 9.47 Å². The monoisotopic (exact) mass is 444 g/mol. The summed E-state index contributed by atoms with van der Waals surface area (Å²) in [7, 11) is 0. The van der Waals surface area contributed by atoms with E-state index in [0.717, 1.165) is 5.56 Å². The number of aromatic nitrogens is 2. The maximum atomic E-state index is 12.7. The Morgan fingerprint density at radius 1 is 0.733 bits per heavy atom. The number of esters is 2. The lowest BCUT2D eigenvalue weighted by Crippen LogP contribution is -2.18. The molecular weight excluding hydrogens is 427 g/mol. The fourth-order valence-corrected chi connectivity index (χ4v) is 2.85. The van der Waals surface area contributed by atoms with E-state index in [1.165, 1.54) is 43.0 Å². The summed E-state index contributed by atoms with van der Waals surface area (Å²) in [4.78, 5) is 33.2. The topological polar surface area (TPSA) is 78.4 Å². The molecule has 0 spiro atoms. The fraction of sp³-hybridized carbons (Fsp3) is 0.182. The molecule has 8 heteroatoms. The highest BCUT2D eigenvalue weighted by atomic mass is 35.5. The summed E-state index contributed by atoms with van der Waals surface area (Å²) in [5.74, 6) is -0.905. The molecule has 30 heavy (non-hydrogen) atoms. The van der Waals surface area contributed by atoms with Crippen molar-refractivity contribution in [3.8, 4) is 11.5 Å². The van der Waals surface area contributed by atoms with Crippen LogP contribution in [-0.2, 0) is 5.41 Å². The second-order valence-electron chi connectivity index (χ2n) is 7.51. The van der Waals surface area contributed by atoms with Crippen LogP contribution in [0.5, 0.6) is 11.5 Å². The summed E-state index contributed by atoms with van der Waals surface area (Å²) >= 11 is 11.8. The Balaban J connectivity index is 1.93. The van der Waals surface area contributed by atoms with Gasteiger partial charge < -0.3 is 9.47 Å². The predicted molar refractivity (Wildman–Crippen MR) is 114 cm³/mol. The largest absolute Gasteiger partial charge is 0.421 e. The number of carbonyl (C=O) groups is 2. The van der Waals surface area contributed by atoms with Gasteiger partial charge in [-0.05, 0) is 29.2 Å². The van der Waals surface area contributed by atoms with Gasteiger partial charge in [0.15, 0.2) is 11.5 Å². The summed E-state index contributed by atoms with van der Waals surface area (Å²) in [6.07, 6.45) is 5.60. The van der Waals surface area contributed by atoms with Crippen molar-refractivity contribution in [1.82, 2.24) is 9.97 Å². The third-order valence-corrected chi connectivity index (χ3v) is 4.46. The van der Waals surface area contributed by atoms with Gasteiger partial charge in [0.2, 0.25) is 0 Å². The molecule has 2 aromatic heterocycles. The molecule has 0 unspecified atom stereocenters. The van der Waals surface area contributed by atoms with E-state index in [2.05, 4.69) is 9.97 Å². The molecule has 2 heterocycles. The van der Waals surface area contributed by atoms with Crippen LogP contribution in [0.3, 0.4) is 0 Å². The highest BCUT2D eigenvalue weighted by Crippen LogP contribution is 2.27. The number of hydrogen-bond donors (Lipinski definition) is 0. The third-order valence-electron chi connectivity index (χ3n) is 4.05. The average Bonchev–Trinajstić information content (AvgIpc) is 2.67. The smallest absolute Gasteiger partial charge is 0.343 e. The molecule has 0 aliphatic heterocycles. The van der Waals surface area contributed by atoms with Crippen molar-refractivity contribution in [3.05, 3.63) is 81.9 Å². The zero-order valence-electron chi connectivity index (χ0n) is 16.5. The van der Waals surface area contributed by atoms with E-state index in [0.29, 0.717) is 10.0 Å². The molecule has 0 saturated heterocycles. The predicted octanol–water partition coefficient (Wildman–Crippen LogP) is 5.52. The van der Waals surface area contributed by atoms with Crippen molar-refractivity contribution in [1.29, 1.82) is 0 Å². The van der Waals surface area contributed by atoms with E-state index in [1.54, 1.807) is 12.1 Å². The number of pyridine rings is 2. The summed E-state index contributed by atoms with van der Waals surface area (Å²) in [5, 5.41) is 0.672. The van der Waals surface area contributed by atoms with Gasteiger partial charge in [0.1, 0.15) is 0 Å². The quantitative estimate of drug-likeness (QED) is 0.492. The summed E-state index contributed by atoms with van der Waals surface area (Å²) < 4.78 is 10.7. The number of nitrogens with zero attached hydrogens (tertiary/aromatic N) is 2. The Morgan fingerprint density at radius 3 is 1.53 bits per heavy atom. The van der Waals surface area contributed by atoms with Gasteiger partial charge in [0.25, 0.3) is 0 Å². The van der Waals surface area contributed by atoms with E-state index >= 15 is 0 Å². The maximum Gasteiger partial charge on any atom is 0.343 e. The number of ether oxygens (including phenoxy) is 2. The zero-order valence-corrected chi connectivity index (χ0v) is 18.0. The van der Waals surface area contributed by atoms with Crippen LogP contribution in [0, 0.1) is 0 Å². The molecule has 1 aromatic carbocycles. The maximum absolute atomic E-state index is 12.7. The van der Waals surface area contributed by atoms with Crippen molar-refractivity contribution in [2.45, 2.75) is 26.2 Å². The summed E-state index contributed by atoms with van der Waals surface area (Å²) in [6, 6.07) is 7.72. The minimum Gasteiger partial charge on any atom is -0.421 e. The molecule has 0 aliphatic carbocycles. The van der Waals surface area contributed by atoms with E-state index < -0.39 is 11.9 Å². The molecular formula is C22H18Cl2N2O4. The Morgan fingerprint density at radius 2 is 1.17 bits per heavy atom. The van der Waals surface area contributed by atoms with Gasteiger partial charge in [0.05, 0.1) is 33.6 Å². The first-order valence-electron chi connectivity index (χ1n) is 8.93.